The Balaban J connectivity index is 1.67. The third kappa shape index (κ3) is 4.37. The van der Waals surface area contributed by atoms with Gasteiger partial charge in [-0.2, -0.15) is 0 Å². The summed E-state index contributed by atoms with van der Waals surface area (Å²) in [5, 5.41) is 5.09. The van der Waals surface area contributed by atoms with Crippen LogP contribution in [0.15, 0.2) is 66.7 Å². The van der Waals surface area contributed by atoms with E-state index in [-0.39, 0.29) is 5.69 Å². The first-order valence-corrected chi connectivity index (χ1v) is 10.5. The zero-order chi connectivity index (χ0) is 25.2. The van der Waals surface area contributed by atoms with Gasteiger partial charge in [-0.05, 0) is 47.5 Å². The minimum Gasteiger partial charge on any atom is -0.497 e. The monoisotopic (exact) mass is 481 g/mol. The summed E-state index contributed by atoms with van der Waals surface area (Å²) in [7, 11) is 3.01. The molecule has 0 bridgehead atoms. The number of halogens is 2. The molecular weight excluding hydrogens is 460 g/mol. The number of carbonyl (C=O) groups is 3. The van der Waals surface area contributed by atoms with Crippen LogP contribution < -0.4 is 20.1 Å². The SMILES string of the molecule is COc1ccc(C2(c3ccc(OC)cc3)NC(=O)N(CC(=O)Nc3ccc(F)c(F)c3)C2=O)cc1. The van der Waals surface area contributed by atoms with E-state index in [0.717, 1.165) is 17.0 Å². The molecule has 10 heteroatoms. The van der Waals surface area contributed by atoms with Gasteiger partial charge in [0.1, 0.15) is 18.0 Å². The number of nitrogens with one attached hydrogen (secondary N) is 2. The van der Waals surface area contributed by atoms with E-state index in [1.807, 2.05) is 0 Å². The van der Waals surface area contributed by atoms with Gasteiger partial charge in [0.05, 0.1) is 14.2 Å². The van der Waals surface area contributed by atoms with Gasteiger partial charge >= 0.3 is 6.03 Å². The third-order valence-electron chi connectivity index (χ3n) is 5.66. The van der Waals surface area contributed by atoms with Gasteiger partial charge in [-0.3, -0.25) is 14.5 Å². The molecule has 0 unspecified atom stereocenters. The van der Waals surface area contributed by atoms with Gasteiger partial charge in [-0.25, -0.2) is 13.6 Å². The molecule has 0 spiro atoms. The molecule has 1 fully saturated rings. The maximum Gasteiger partial charge on any atom is 0.326 e. The highest BCUT2D eigenvalue weighted by Crippen LogP contribution is 2.37. The van der Waals surface area contributed by atoms with Crippen molar-refractivity contribution in [1.82, 2.24) is 10.2 Å². The average Bonchev–Trinajstić information content (AvgIpc) is 3.12. The van der Waals surface area contributed by atoms with Crippen molar-refractivity contribution in [1.29, 1.82) is 0 Å². The van der Waals surface area contributed by atoms with E-state index in [9.17, 15) is 23.2 Å². The topological polar surface area (TPSA) is 97.0 Å². The molecule has 0 aliphatic carbocycles. The Morgan fingerprint density at radius 3 is 1.91 bits per heavy atom. The molecule has 0 saturated carbocycles. The lowest BCUT2D eigenvalue weighted by atomic mass is 9.82. The molecule has 3 aromatic rings. The standard InChI is InChI=1S/C25H21F2N3O5/c1-34-18-8-3-15(4-9-18)25(16-5-10-19(35-2)11-6-16)23(32)30(24(33)29-25)14-22(31)28-17-7-12-20(26)21(27)13-17/h3-13H,14H2,1-2H3,(H,28,31)(H,29,33). The maximum absolute atomic E-state index is 13.7. The van der Waals surface area contributed by atoms with Crippen LogP contribution in [0.4, 0.5) is 19.3 Å². The van der Waals surface area contributed by atoms with Crippen molar-refractivity contribution in [2.75, 3.05) is 26.1 Å². The number of hydrogen-bond donors (Lipinski definition) is 2. The predicted octanol–water partition coefficient (Wildman–Crippen LogP) is 3.42. The second-order valence-corrected chi connectivity index (χ2v) is 7.71. The van der Waals surface area contributed by atoms with E-state index >= 15 is 0 Å². The molecule has 35 heavy (non-hydrogen) atoms. The molecule has 4 amide bonds. The lowest BCUT2D eigenvalue weighted by Crippen LogP contribution is -2.45. The molecular formula is C25H21F2N3O5. The van der Waals surface area contributed by atoms with Crippen molar-refractivity contribution in [3.05, 3.63) is 89.5 Å². The van der Waals surface area contributed by atoms with E-state index in [4.69, 9.17) is 9.47 Å². The van der Waals surface area contributed by atoms with Crippen molar-refractivity contribution in [2.45, 2.75) is 5.54 Å². The maximum atomic E-state index is 13.7. The Labute approximate surface area is 199 Å². The van der Waals surface area contributed by atoms with Gasteiger partial charge in [0, 0.05) is 11.8 Å². The zero-order valence-corrected chi connectivity index (χ0v) is 18.8. The van der Waals surface area contributed by atoms with Crippen molar-refractivity contribution < 1.29 is 32.6 Å². The molecule has 180 valence electrons. The normalized spacial score (nSPS) is 14.5. The van der Waals surface area contributed by atoms with Crippen LogP contribution in [0, 0.1) is 11.6 Å². The minimum atomic E-state index is -1.61. The number of amides is 4. The third-order valence-corrected chi connectivity index (χ3v) is 5.66. The van der Waals surface area contributed by atoms with Gasteiger partial charge in [0.25, 0.3) is 5.91 Å². The Hall–Kier alpha value is -4.47. The van der Waals surface area contributed by atoms with Crippen LogP contribution >= 0.6 is 0 Å². The Bertz CT molecular complexity index is 1230. The number of carbonyl (C=O) groups excluding carboxylic acids is 3. The predicted molar refractivity (Wildman–Crippen MR) is 122 cm³/mol. The van der Waals surface area contributed by atoms with E-state index < -0.39 is 41.6 Å². The summed E-state index contributed by atoms with van der Waals surface area (Å²) in [5.41, 5.74) is -0.731. The fourth-order valence-electron chi connectivity index (χ4n) is 3.88. The van der Waals surface area contributed by atoms with Crippen LogP contribution in [-0.2, 0) is 15.1 Å². The van der Waals surface area contributed by atoms with E-state index in [1.165, 1.54) is 20.3 Å². The first-order valence-electron chi connectivity index (χ1n) is 10.5. The summed E-state index contributed by atoms with van der Waals surface area (Å²) in [6.45, 7) is -0.641. The second-order valence-electron chi connectivity index (χ2n) is 7.71. The van der Waals surface area contributed by atoms with E-state index in [0.29, 0.717) is 22.6 Å². The summed E-state index contributed by atoms with van der Waals surface area (Å²) >= 11 is 0. The molecule has 8 nitrogen and oxygen atoms in total. The number of rotatable bonds is 7. The second kappa shape index (κ2) is 9.41. The van der Waals surface area contributed by atoms with Crippen molar-refractivity contribution in [3.63, 3.8) is 0 Å². The van der Waals surface area contributed by atoms with Gasteiger partial charge in [-0.15, -0.1) is 0 Å². The molecule has 0 atom stereocenters. The summed E-state index contributed by atoms with van der Waals surface area (Å²) < 4.78 is 37.0. The van der Waals surface area contributed by atoms with Gasteiger partial charge in [0.15, 0.2) is 17.2 Å². The Kier molecular flexibility index (Phi) is 6.37. The Morgan fingerprint density at radius 1 is 0.886 bits per heavy atom. The summed E-state index contributed by atoms with van der Waals surface area (Å²) in [6.07, 6.45) is 0. The molecule has 1 aliphatic rings. The molecule has 1 aliphatic heterocycles. The number of methoxy groups -OCH3 is 2. The highest BCUT2D eigenvalue weighted by atomic mass is 19.2. The quantitative estimate of drug-likeness (QED) is 0.504. The summed E-state index contributed by atoms with van der Waals surface area (Å²) in [5.74, 6) is -2.55. The highest BCUT2D eigenvalue weighted by molar-refractivity contribution is 6.12. The van der Waals surface area contributed by atoms with Crippen molar-refractivity contribution >= 4 is 23.5 Å². The Morgan fingerprint density at radius 2 is 1.43 bits per heavy atom. The van der Waals surface area contributed by atoms with Gasteiger partial charge < -0.3 is 20.1 Å². The van der Waals surface area contributed by atoms with Crippen LogP contribution in [0.2, 0.25) is 0 Å². The van der Waals surface area contributed by atoms with Crippen LogP contribution in [0.3, 0.4) is 0 Å². The van der Waals surface area contributed by atoms with Crippen LogP contribution in [0.25, 0.3) is 0 Å². The number of nitrogens with zero attached hydrogens (tertiary/aromatic N) is 1. The molecule has 0 aromatic heterocycles. The first-order chi connectivity index (χ1) is 16.8. The molecule has 2 N–H and O–H groups in total. The fourth-order valence-corrected chi connectivity index (χ4v) is 3.88. The molecule has 1 heterocycles. The lowest BCUT2D eigenvalue weighted by molar-refractivity contribution is -0.133. The van der Waals surface area contributed by atoms with Gasteiger partial charge in [0.2, 0.25) is 5.91 Å². The lowest BCUT2D eigenvalue weighted by Gasteiger charge is -2.28. The van der Waals surface area contributed by atoms with Crippen molar-refractivity contribution in [2.24, 2.45) is 0 Å². The highest BCUT2D eigenvalue weighted by Gasteiger charge is 2.54. The fraction of sp³-hybridized carbons (Fsp3) is 0.160. The molecule has 3 aromatic carbocycles. The van der Waals surface area contributed by atoms with E-state index in [1.54, 1.807) is 48.5 Å². The number of anilines is 1. The number of imide groups is 1. The molecule has 0 radical (unpaired) electrons. The largest absolute Gasteiger partial charge is 0.497 e. The number of hydrogen-bond acceptors (Lipinski definition) is 5. The summed E-state index contributed by atoms with van der Waals surface area (Å²) in [6, 6.07) is 15.2. The first kappa shape index (κ1) is 23.7. The van der Waals surface area contributed by atoms with Crippen LogP contribution in [0.5, 0.6) is 11.5 Å². The smallest absolute Gasteiger partial charge is 0.326 e. The van der Waals surface area contributed by atoms with Crippen molar-refractivity contribution in [3.8, 4) is 11.5 Å². The molecule has 1 saturated heterocycles. The van der Waals surface area contributed by atoms with Gasteiger partial charge in [-0.1, -0.05) is 24.3 Å². The minimum absolute atomic E-state index is 0.0162. The average molecular weight is 481 g/mol. The number of ether oxygens (including phenoxy) is 2. The van der Waals surface area contributed by atoms with Crippen LogP contribution in [-0.4, -0.2) is 43.5 Å². The number of urea groups is 1. The number of benzene rings is 3. The molecule has 4 rings (SSSR count). The van der Waals surface area contributed by atoms with Crippen LogP contribution in [0.1, 0.15) is 11.1 Å². The summed E-state index contributed by atoms with van der Waals surface area (Å²) in [4.78, 5) is 40.0. The zero-order valence-electron chi connectivity index (χ0n) is 18.8. The van der Waals surface area contributed by atoms with E-state index in [2.05, 4.69) is 10.6 Å².